The second kappa shape index (κ2) is 6.41. The number of nitrogens with one attached hydrogen (secondary N) is 2. The minimum Gasteiger partial charge on any atom is -0.334 e. The van der Waals surface area contributed by atoms with Crippen LogP contribution < -0.4 is 10.6 Å². The van der Waals surface area contributed by atoms with Crippen LogP contribution in [0.25, 0.3) is 10.2 Å². The minimum atomic E-state index is -0.348. The normalized spacial score (nSPS) is 10.6. The number of hydrogen-bond donors (Lipinski definition) is 2. The monoisotopic (exact) mass is 379 g/mol. The Balaban J connectivity index is 1.63. The first-order valence-corrected chi connectivity index (χ1v) is 8.07. The number of carbonyl (C=O) groups is 1. The largest absolute Gasteiger partial charge is 0.334 e. The average Bonchev–Trinajstić information content (AvgIpc) is 2.90. The summed E-state index contributed by atoms with van der Waals surface area (Å²) in [7, 11) is 0. The van der Waals surface area contributed by atoms with Gasteiger partial charge in [-0.3, -0.25) is 5.32 Å². The Bertz CT molecular complexity index is 819. The number of benzene rings is 2. The van der Waals surface area contributed by atoms with Gasteiger partial charge < -0.3 is 5.32 Å². The molecule has 2 N–H and O–H groups in total. The van der Waals surface area contributed by atoms with Crippen molar-refractivity contribution in [1.82, 2.24) is 10.3 Å². The van der Waals surface area contributed by atoms with Crippen molar-refractivity contribution in [2.75, 3.05) is 5.32 Å². The number of hydrogen-bond acceptors (Lipinski definition) is 3. The minimum absolute atomic E-state index is 0.298. The van der Waals surface area contributed by atoms with E-state index in [1.54, 1.807) is 12.1 Å². The standard InChI is InChI=1S/C15H11BrFN3OS/c16-11-2-1-3-12-13(11)19-15(22-12)20-14(21)18-8-9-4-6-10(17)7-5-9/h1-7H,8H2,(H2,18,19,20,21). The van der Waals surface area contributed by atoms with Crippen molar-refractivity contribution in [2.45, 2.75) is 6.54 Å². The van der Waals surface area contributed by atoms with E-state index in [9.17, 15) is 9.18 Å². The third-order valence-electron chi connectivity index (χ3n) is 2.96. The van der Waals surface area contributed by atoms with E-state index in [1.807, 2.05) is 18.2 Å². The van der Waals surface area contributed by atoms with Gasteiger partial charge in [0.25, 0.3) is 0 Å². The topological polar surface area (TPSA) is 54.0 Å². The zero-order valence-corrected chi connectivity index (χ0v) is 13.7. The molecule has 0 saturated heterocycles. The highest BCUT2D eigenvalue weighted by Crippen LogP contribution is 2.30. The number of para-hydroxylation sites is 1. The van der Waals surface area contributed by atoms with E-state index >= 15 is 0 Å². The third kappa shape index (κ3) is 3.42. The quantitative estimate of drug-likeness (QED) is 0.702. The number of amides is 2. The predicted molar refractivity (Wildman–Crippen MR) is 89.6 cm³/mol. The van der Waals surface area contributed by atoms with E-state index in [0.717, 1.165) is 20.3 Å². The molecule has 7 heteroatoms. The Morgan fingerprint density at radius 2 is 2.00 bits per heavy atom. The number of thiazole rings is 1. The van der Waals surface area contributed by atoms with Crippen LogP contribution in [0.3, 0.4) is 0 Å². The lowest BCUT2D eigenvalue weighted by Crippen LogP contribution is -2.28. The van der Waals surface area contributed by atoms with Gasteiger partial charge in [-0.2, -0.15) is 0 Å². The van der Waals surface area contributed by atoms with Crippen molar-refractivity contribution < 1.29 is 9.18 Å². The van der Waals surface area contributed by atoms with Crippen molar-refractivity contribution in [3.8, 4) is 0 Å². The molecular formula is C15H11BrFN3OS. The zero-order chi connectivity index (χ0) is 15.5. The van der Waals surface area contributed by atoms with Crippen LogP contribution in [0.5, 0.6) is 0 Å². The number of anilines is 1. The number of nitrogens with zero attached hydrogens (tertiary/aromatic N) is 1. The Hall–Kier alpha value is -1.99. The van der Waals surface area contributed by atoms with E-state index in [0.29, 0.717) is 11.7 Å². The second-order valence-corrected chi connectivity index (χ2v) is 6.42. The van der Waals surface area contributed by atoms with Gasteiger partial charge in [0.05, 0.1) is 10.2 Å². The molecule has 1 heterocycles. The first kappa shape index (κ1) is 14.9. The lowest BCUT2D eigenvalue weighted by Gasteiger charge is -2.05. The maximum absolute atomic E-state index is 12.8. The van der Waals surface area contributed by atoms with E-state index in [-0.39, 0.29) is 11.8 Å². The summed E-state index contributed by atoms with van der Waals surface area (Å²) in [4.78, 5) is 16.2. The lowest BCUT2D eigenvalue weighted by atomic mass is 10.2. The van der Waals surface area contributed by atoms with Crippen LogP contribution in [0.2, 0.25) is 0 Å². The van der Waals surface area contributed by atoms with Crippen LogP contribution in [0.1, 0.15) is 5.56 Å². The highest BCUT2D eigenvalue weighted by atomic mass is 79.9. The lowest BCUT2D eigenvalue weighted by molar-refractivity contribution is 0.251. The molecule has 2 aromatic carbocycles. The molecule has 3 aromatic rings. The van der Waals surface area contributed by atoms with E-state index in [1.165, 1.54) is 23.5 Å². The van der Waals surface area contributed by atoms with Crippen LogP contribution in [0.4, 0.5) is 14.3 Å². The number of halogens is 2. The molecule has 0 aliphatic carbocycles. The molecule has 0 aliphatic heterocycles. The van der Waals surface area contributed by atoms with Crippen LogP contribution in [-0.4, -0.2) is 11.0 Å². The predicted octanol–water partition coefficient (Wildman–Crippen LogP) is 4.52. The highest BCUT2D eigenvalue weighted by Gasteiger charge is 2.09. The molecular weight excluding hydrogens is 369 g/mol. The van der Waals surface area contributed by atoms with Gasteiger partial charge in [0.1, 0.15) is 5.82 Å². The Kier molecular flexibility index (Phi) is 4.35. The van der Waals surface area contributed by atoms with Gasteiger partial charge in [-0.25, -0.2) is 14.2 Å². The summed E-state index contributed by atoms with van der Waals surface area (Å²) in [5.41, 5.74) is 1.64. The second-order valence-electron chi connectivity index (χ2n) is 4.54. The fourth-order valence-electron chi connectivity index (χ4n) is 1.89. The number of aromatic nitrogens is 1. The van der Waals surface area contributed by atoms with Crippen LogP contribution in [-0.2, 0) is 6.54 Å². The fraction of sp³-hybridized carbons (Fsp3) is 0.0667. The summed E-state index contributed by atoms with van der Waals surface area (Å²) in [6.07, 6.45) is 0. The fourth-order valence-corrected chi connectivity index (χ4v) is 3.37. The molecule has 0 aliphatic rings. The molecule has 112 valence electrons. The van der Waals surface area contributed by atoms with E-state index < -0.39 is 0 Å². The number of rotatable bonds is 3. The first-order valence-electron chi connectivity index (χ1n) is 6.46. The van der Waals surface area contributed by atoms with Crippen LogP contribution in [0.15, 0.2) is 46.9 Å². The van der Waals surface area contributed by atoms with E-state index in [4.69, 9.17) is 0 Å². The van der Waals surface area contributed by atoms with Crippen molar-refractivity contribution in [3.63, 3.8) is 0 Å². The van der Waals surface area contributed by atoms with Gasteiger partial charge in [-0.05, 0) is 45.8 Å². The van der Waals surface area contributed by atoms with Crippen molar-refractivity contribution in [3.05, 3.63) is 58.3 Å². The van der Waals surface area contributed by atoms with Gasteiger partial charge in [0.15, 0.2) is 5.13 Å². The molecule has 3 rings (SSSR count). The van der Waals surface area contributed by atoms with Gasteiger partial charge in [0, 0.05) is 11.0 Å². The van der Waals surface area contributed by atoms with Crippen LogP contribution in [0, 0.1) is 5.82 Å². The Morgan fingerprint density at radius 3 is 2.73 bits per heavy atom. The van der Waals surface area contributed by atoms with E-state index in [2.05, 4.69) is 31.5 Å². The molecule has 4 nitrogen and oxygen atoms in total. The Labute approximate surface area is 138 Å². The highest BCUT2D eigenvalue weighted by molar-refractivity contribution is 9.10. The number of urea groups is 1. The average molecular weight is 380 g/mol. The molecule has 0 spiro atoms. The molecule has 0 fully saturated rings. The van der Waals surface area contributed by atoms with Crippen LogP contribution >= 0.6 is 27.3 Å². The summed E-state index contributed by atoms with van der Waals surface area (Å²) in [6.45, 7) is 0.320. The molecule has 2 amide bonds. The summed E-state index contributed by atoms with van der Waals surface area (Å²) in [5, 5.41) is 5.94. The molecule has 0 saturated carbocycles. The first-order chi connectivity index (χ1) is 10.6. The maximum atomic E-state index is 12.8. The summed E-state index contributed by atoms with van der Waals surface area (Å²) in [5.74, 6) is -0.298. The smallest absolute Gasteiger partial charge is 0.321 e. The third-order valence-corrected chi connectivity index (χ3v) is 4.53. The molecule has 0 unspecified atom stereocenters. The summed E-state index contributed by atoms with van der Waals surface area (Å²) < 4.78 is 14.7. The van der Waals surface area contributed by atoms with Gasteiger partial charge >= 0.3 is 6.03 Å². The van der Waals surface area contributed by atoms with Gasteiger partial charge in [0.2, 0.25) is 0 Å². The molecule has 0 bridgehead atoms. The molecule has 0 radical (unpaired) electrons. The van der Waals surface area contributed by atoms with Crippen molar-refractivity contribution in [2.24, 2.45) is 0 Å². The summed E-state index contributed by atoms with van der Waals surface area (Å²) >= 11 is 4.83. The summed E-state index contributed by atoms with van der Waals surface area (Å²) in [6, 6.07) is 11.4. The Morgan fingerprint density at radius 1 is 1.23 bits per heavy atom. The maximum Gasteiger partial charge on any atom is 0.321 e. The molecule has 1 aromatic heterocycles. The SMILES string of the molecule is O=C(NCc1ccc(F)cc1)Nc1nc2c(Br)cccc2s1. The van der Waals surface area contributed by atoms with Gasteiger partial charge in [-0.1, -0.05) is 29.5 Å². The molecule has 22 heavy (non-hydrogen) atoms. The number of fused-ring (bicyclic) bond motifs is 1. The van der Waals surface area contributed by atoms with Gasteiger partial charge in [-0.15, -0.1) is 0 Å². The zero-order valence-electron chi connectivity index (χ0n) is 11.3. The van der Waals surface area contributed by atoms with Crippen molar-refractivity contribution >= 4 is 48.6 Å². The van der Waals surface area contributed by atoms with Crippen molar-refractivity contribution in [1.29, 1.82) is 0 Å². The molecule has 0 atom stereocenters. The number of carbonyl (C=O) groups excluding carboxylic acids is 1.